The maximum absolute atomic E-state index is 13.0. The summed E-state index contributed by atoms with van der Waals surface area (Å²) in [6, 6.07) is 16.8. The van der Waals surface area contributed by atoms with Crippen LogP contribution in [-0.4, -0.2) is 71.5 Å². The topological polar surface area (TPSA) is 149 Å². The number of hydrogen-bond donors (Lipinski definition) is 4. The number of nitrogens with one attached hydrogen (secondary N) is 1. The Bertz CT molecular complexity index is 1530. The highest BCUT2D eigenvalue weighted by atomic mass is 32.2. The molecule has 2 heterocycles. The number of carbonyl (C=O) groups excluding carboxylic acids is 1. The average Bonchev–Trinajstić information content (AvgIpc) is 2.95. The van der Waals surface area contributed by atoms with E-state index in [1.54, 1.807) is 18.2 Å². The van der Waals surface area contributed by atoms with Crippen LogP contribution in [0.15, 0.2) is 71.7 Å². The van der Waals surface area contributed by atoms with Gasteiger partial charge in [-0.1, -0.05) is 24.3 Å². The number of phenols is 1. The largest absolute Gasteiger partial charge is 0.507 e. The van der Waals surface area contributed by atoms with Crippen LogP contribution in [-0.2, 0) is 9.84 Å². The molecule has 0 saturated carbocycles. The molecule has 0 radical (unpaired) electrons. The molecule has 2 unspecified atom stereocenters. The Morgan fingerprint density at radius 2 is 1.73 bits per heavy atom. The number of aliphatic hydroxyl groups excluding tert-OH is 2. The van der Waals surface area contributed by atoms with E-state index in [1.807, 2.05) is 24.3 Å². The normalized spacial score (nSPS) is 16.6. The second-order valence-corrected chi connectivity index (χ2v) is 13.5. The van der Waals surface area contributed by atoms with Gasteiger partial charge in [-0.15, -0.1) is 0 Å². The fourth-order valence-corrected chi connectivity index (χ4v) is 5.81. The van der Waals surface area contributed by atoms with Crippen molar-refractivity contribution in [3.05, 3.63) is 82.8 Å². The molecule has 4 rings (SSSR count). The molecule has 2 atom stereocenters. The highest BCUT2D eigenvalue weighted by Crippen LogP contribution is 2.28. The number of carbonyl (C=O) groups is 1. The molecule has 1 amide bonds. The number of piperidine rings is 1. The van der Waals surface area contributed by atoms with Crippen LogP contribution in [0.1, 0.15) is 42.8 Å². The first-order valence-corrected chi connectivity index (χ1v) is 15.4. The summed E-state index contributed by atoms with van der Waals surface area (Å²) in [7, 11) is -3.81. The summed E-state index contributed by atoms with van der Waals surface area (Å²) in [4.78, 5) is 27.8. The molecule has 1 fully saturated rings. The highest BCUT2D eigenvalue weighted by molar-refractivity contribution is 7.92. The third kappa shape index (κ3) is 6.98. The number of pyridine rings is 1. The van der Waals surface area contributed by atoms with Crippen LogP contribution in [0.2, 0.25) is 0 Å². The van der Waals surface area contributed by atoms with Gasteiger partial charge in [-0.25, -0.2) is 8.42 Å². The summed E-state index contributed by atoms with van der Waals surface area (Å²) in [6.45, 7) is 3.03. The number of anilines is 1. The highest BCUT2D eigenvalue weighted by Gasteiger charge is 2.39. The number of amides is 1. The molecule has 11 heteroatoms. The van der Waals surface area contributed by atoms with E-state index in [1.165, 1.54) is 31.3 Å². The van der Waals surface area contributed by atoms with Crippen LogP contribution >= 0.6 is 0 Å². The maximum Gasteiger partial charge on any atom is 0.255 e. The molecular weight excluding hydrogens is 546 g/mol. The number of hydrogen-bond acceptors (Lipinski definition) is 8. The second kappa shape index (κ2) is 12.5. The van der Waals surface area contributed by atoms with Gasteiger partial charge in [0.15, 0.2) is 9.84 Å². The first kappa shape index (κ1) is 30.3. The van der Waals surface area contributed by atoms with Gasteiger partial charge in [0.25, 0.3) is 11.5 Å². The van der Waals surface area contributed by atoms with Crippen molar-refractivity contribution in [2.75, 3.05) is 37.4 Å². The standard InChI is InChI=1S/C30H37N3O7S/c1-30(41(2,39)40,20-31-29(38)25-5-3-4-6-26(25)35)18-28(37)33-16-13-23(17-27(33)36)22-7-9-24(10-8-22)32-14-11-21(19-34)12-15-32/h3-10,13,16-17,21,28,34-35,37H,11-12,14-15,18-20H2,1-2H3,(H,31,38). The molecule has 41 heavy (non-hydrogen) atoms. The number of aromatic hydroxyl groups is 1. The molecule has 4 N–H and O–H groups in total. The summed E-state index contributed by atoms with van der Waals surface area (Å²) in [5.41, 5.74) is 2.05. The van der Waals surface area contributed by atoms with Crippen molar-refractivity contribution < 1.29 is 28.5 Å². The van der Waals surface area contributed by atoms with Crippen molar-refractivity contribution in [2.24, 2.45) is 5.92 Å². The van der Waals surface area contributed by atoms with E-state index < -0.39 is 32.3 Å². The molecule has 1 aliphatic heterocycles. The van der Waals surface area contributed by atoms with Crippen LogP contribution < -0.4 is 15.8 Å². The van der Waals surface area contributed by atoms with Gasteiger partial charge in [0.2, 0.25) is 0 Å². The number of nitrogens with zero attached hydrogens (tertiary/aromatic N) is 2. The molecule has 1 aliphatic rings. The third-order valence-corrected chi connectivity index (χ3v) is 10.1. The summed E-state index contributed by atoms with van der Waals surface area (Å²) < 4.78 is 24.9. The van der Waals surface area contributed by atoms with Crippen LogP contribution in [0.25, 0.3) is 11.1 Å². The summed E-state index contributed by atoms with van der Waals surface area (Å²) in [6.07, 6.45) is 2.51. The zero-order valence-corrected chi connectivity index (χ0v) is 24.0. The fourth-order valence-electron chi connectivity index (χ4n) is 5.02. The summed E-state index contributed by atoms with van der Waals surface area (Å²) >= 11 is 0. The minimum absolute atomic E-state index is 0.00462. The molecule has 0 bridgehead atoms. The van der Waals surface area contributed by atoms with Gasteiger partial charge in [0.1, 0.15) is 12.0 Å². The van der Waals surface area contributed by atoms with Crippen LogP contribution in [0.4, 0.5) is 5.69 Å². The minimum Gasteiger partial charge on any atom is -0.507 e. The van der Waals surface area contributed by atoms with E-state index in [0.29, 0.717) is 11.5 Å². The Kier molecular flexibility index (Phi) is 9.21. The lowest BCUT2D eigenvalue weighted by molar-refractivity contribution is 0.0767. The van der Waals surface area contributed by atoms with Gasteiger partial charge in [-0.3, -0.25) is 14.2 Å². The van der Waals surface area contributed by atoms with E-state index in [-0.39, 0.29) is 30.9 Å². The van der Waals surface area contributed by atoms with Crippen LogP contribution in [0.3, 0.4) is 0 Å². The van der Waals surface area contributed by atoms with E-state index in [2.05, 4.69) is 10.2 Å². The number of sulfone groups is 1. The Morgan fingerprint density at radius 1 is 1.07 bits per heavy atom. The summed E-state index contributed by atoms with van der Waals surface area (Å²) in [5, 5.41) is 32.7. The Hall–Kier alpha value is -3.67. The molecule has 0 spiro atoms. The molecule has 0 aliphatic carbocycles. The Balaban J connectivity index is 1.46. The quantitative estimate of drug-likeness (QED) is 0.285. The van der Waals surface area contributed by atoms with Crippen molar-refractivity contribution in [3.8, 4) is 16.9 Å². The molecule has 1 saturated heterocycles. The van der Waals surface area contributed by atoms with Crippen LogP contribution in [0.5, 0.6) is 5.75 Å². The van der Waals surface area contributed by atoms with Gasteiger partial charge in [0, 0.05) is 56.9 Å². The molecular formula is C30H37N3O7S. The van der Waals surface area contributed by atoms with E-state index >= 15 is 0 Å². The van der Waals surface area contributed by atoms with Gasteiger partial charge in [-0.2, -0.15) is 0 Å². The first-order chi connectivity index (χ1) is 19.4. The van der Waals surface area contributed by atoms with Gasteiger partial charge in [-0.05, 0) is 67.1 Å². The lowest BCUT2D eigenvalue weighted by Crippen LogP contribution is -2.48. The first-order valence-electron chi connectivity index (χ1n) is 13.5. The smallest absolute Gasteiger partial charge is 0.255 e. The van der Waals surface area contributed by atoms with Crippen molar-refractivity contribution in [1.82, 2.24) is 9.88 Å². The molecule has 3 aromatic rings. The number of benzene rings is 2. The number of phenolic OH excluding ortho intramolecular Hbond substituents is 1. The SMILES string of the molecule is CC(CNC(=O)c1ccccc1O)(CC(O)n1ccc(-c2ccc(N3CCC(CO)CC3)cc2)cc1=O)S(C)(=O)=O. The van der Waals surface area contributed by atoms with E-state index in [9.17, 15) is 33.3 Å². The third-order valence-electron chi connectivity index (χ3n) is 7.99. The number of aromatic nitrogens is 1. The average molecular weight is 584 g/mol. The van der Waals surface area contributed by atoms with Crippen molar-refractivity contribution in [3.63, 3.8) is 0 Å². The zero-order chi connectivity index (χ0) is 29.8. The van der Waals surface area contributed by atoms with Crippen LogP contribution in [0, 0.1) is 5.92 Å². The maximum atomic E-state index is 13.0. The summed E-state index contributed by atoms with van der Waals surface area (Å²) in [5.74, 6) is -0.546. The van der Waals surface area contributed by atoms with Crippen molar-refractivity contribution >= 4 is 21.4 Å². The predicted molar refractivity (Wildman–Crippen MR) is 158 cm³/mol. The second-order valence-electron chi connectivity index (χ2n) is 10.9. The monoisotopic (exact) mass is 583 g/mol. The molecule has 10 nitrogen and oxygen atoms in total. The van der Waals surface area contributed by atoms with Gasteiger partial charge in [0.05, 0.1) is 10.3 Å². The molecule has 220 valence electrons. The van der Waals surface area contributed by atoms with Crippen molar-refractivity contribution in [1.29, 1.82) is 0 Å². The molecule has 1 aromatic heterocycles. The number of para-hydroxylation sites is 1. The van der Waals surface area contributed by atoms with Gasteiger partial charge >= 0.3 is 0 Å². The Labute approximate surface area is 239 Å². The zero-order valence-electron chi connectivity index (χ0n) is 23.2. The van der Waals surface area contributed by atoms with Gasteiger partial charge < -0.3 is 25.5 Å². The minimum atomic E-state index is -3.81. The lowest BCUT2D eigenvalue weighted by Gasteiger charge is -2.33. The van der Waals surface area contributed by atoms with E-state index in [4.69, 9.17) is 0 Å². The lowest BCUT2D eigenvalue weighted by atomic mass is 9.97. The van der Waals surface area contributed by atoms with Crippen molar-refractivity contribution in [2.45, 2.75) is 37.2 Å². The fraction of sp³-hybridized carbons (Fsp3) is 0.400. The Morgan fingerprint density at radius 3 is 2.32 bits per heavy atom. The predicted octanol–water partition coefficient (Wildman–Crippen LogP) is 2.54. The number of rotatable bonds is 10. The number of aliphatic hydroxyl groups is 2. The molecule has 2 aromatic carbocycles. The van der Waals surface area contributed by atoms with E-state index in [0.717, 1.165) is 48.0 Å².